The molecule has 0 fully saturated rings. The summed E-state index contributed by atoms with van der Waals surface area (Å²) in [6.45, 7) is 2.47. The van der Waals surface area contributed by atoms with Gasteiger partial charge in [-0.2, -0.15) is 0 Å². The lowest BCUT2D eigenvalue weighted by Gasteiger charge is -2.10. The van der Waals surface area contributed by atoms with Crippen LogP contribution in [0.1, 0.15) is 90.4 Å². The van der Waals surface area contributed by atoms with Crippen LogP contribution >= 0.6 is 0 Å². The number of esters is 1. The molecule has 3 N–H and O–H groups in total. The van der Waals surface area contributed by atoms with Gasteiger partial charge in [-0.15, -0.1) is 0 Å². The molecule has 150 valence electrons. The van der Waals surface area contributed by atoms with Gasteiger partial charge in [0.2, 0.25) is 0 Å². The van der Waals surface area contributed by atoms with Crippen molar-refractivity contribution in [3.8, 4) is 0 Å². The van der Waals surface area contributed by atoms with E-state index in [1.54, 1.807) is 0 Å². The number of hydrogen-bond acceptors (Lipinski definition) is 5. The third-order valence-corrected chi connectivity index (χ3v) is 4.45. The zero-order chi connectivity index (χ0) is 18.8. The van der Waals surface area contributed by atoms with Gasteiger partial charge in [-0.05, 0) is 25.7 Å². The normalized spacial score (nSPS) is 13.6. The lowest BCUT2D eigenvalue weighted by molar-refractivity contribution is -0.145. The molecule has 0 radical (unpaired) electrons. The average Bonchev–Trinajstić information content (AvgIpc) is 2.61. The molecule has 0 amide bonds. The van der Waals surface area contributed by atoms with Crippen LogP contribution in [-0.2, 0) is 9.53 Å². The highest BCUT2D eigenvalue weighted by molar-refractivity contribution is 5.69. The molecular weight excluding hydrogens is 320 g/mol. The van der Waals surface area contributed by atoms with E-state index in [1.807, 2.05) is 6.92 Å². The van der Waals surface area contributed by atoms with Gasteiger partial charge in [-0.1, -0.05) is 58.3 Å². The highest BCUT2D eigenvalue weighted by Gasteiger charge is 2.06. The average molecular weight is 361 g/mol. The Morgan fingerprint density at radius 2 is 1.36 bits per heavy atom. The molecule has 0 aromatic heterocycles. The second-order valence-electron chi connectivity index (χ2n) is 7.21. The summed E-state index contributed by atoms with van der Waals surface area (Å²) in [6, 6.07) is 0. The molecule has 2 atom stereocenters. The molecule has 25 heavy (non-hydrogen) atoms. The molecule has 0 spiro atoms. The SMILES string of the molecule is CC(CO)COC(=O)CCCCCCCCC(O)CCCCCCO. The van der Waals surface area contributed by atoms with Crippen LogP contribution in [0, 0.1) is 5.92 Å². The van der Waals surface area contributed by atoms with Gasteiger partial charge in [-0.25, -0.2) is 0 Å². The molecule has 0 heterocycles. The van der Waals surface area contributed by atoms with Crippen LogP contribution in [0.25, 0.3) is 0 Å². The third kappa shape index (κ3) is 18.0. The monoisotopic (exact) mass is 360 g/mol. The van der Waals surface area contributed by atoms with Gasteiger partial charge in [0.1, 0.15) is 0 Å². The van der Waals surface area contributed by atoms with Gasteiger partial charge in [0, 0.05) is 25.6 Å². The summed E-state index contributed by atoms with van der Waals surface area (Å²) in [5.74, 6) is -0.151. The van der Waals surface area contributed by atoms with Crippen molar-refractivity contribution in [2.75, 3.05) is 19.8 Å². The highest BCUT2D eigenvalue weighted by atomic mass is 16.5. The Morgan fingerprint density at radius 3 is 1.92 bits per heavy atom. The molecule has 0 aromatic rings. The van der Waals surface area contributed by atoms with E-state index in [4.69, 9.17) is 14.9 Å². The molecule has 0 aliphatic carbocycles. The van der Waals surface area contributed by atoms with Crippen molar-refractivity contribution in [3.63, 3.8) is 0 Å². The van der Waals surface area contributed by atoms with Gasteiger partial charge in [0.05, 0.1) is 12.7 Å². The molecule has 0 saturated heterocycles. The maximum atomic E-state index is 11.5. The van der Waals surface area contributed by atoms with Crippen molar-refractivity contribution < 1.29 is 24.9 Å². The number of aliphatic hydroxyl groups is 3. The van der Waals surface area contributed by atoms with Crippen molar-refractivity contribution in [1.29, 1.82) is 0 Å². The molecule has 2 unspecified atom stereocenters. The van der Waals surface area contributed by atoms with Gasteiger partial charge >= 0.3 is 5.97 Å². The Labute approximate surface area is 153 Å². The van der Waals surface area contributed by atoms with Crippen LogP contribution in [0.4, 0.5) is 0 Å². The molecular formula is C20H40O5. The van der Waals surface area contributed by atoms with E-state index < -0.39 is 0 Å². The van der Waals surface area contributed by atoms with E-state index in [1.165, 1.54) is 0 Å². The predicted octanol–water partition coefficient (Wildman–Crippen LogP) is 3.58. The van der Waals surface area contributed by atoms with E-state index >= 15 is 0 Å². The van der Waals surface area contributed by atoms with Gasteiger partial charge < -0.3 is 20.1 Å². The number of carbonyl (C=O) groups is 1. The molecule has 0 bridgehead atoms. The summed E-state index contributed by atoms with van der Waals surface area (Å²) < 4.78 is 5.08. The second kappa shape index (κ2) is 18.2. The summed E-state index contributed by atoms with van der Waals surface area (Å²) >= 11 is 0. The zero-order valence-corrected chi connectivity index (χ0v) is 16.1. The van der Waals surface area contributed by atoms with E-state index in [9.17, 15) is 9.90 Å². The Kier molecular flexibility index (Phi) is 17.7. The maximum Gasteiger partial charge on any atom is 0.305 e. The summed E-state index contributed by atoms with van der Waals surface area (Å²) in [7, 11) is 0. The summed E-state index contributed by atoms with van der Waals surface area (Å²) in [4.78, 5) is 11.5. The molecule has 0 saturated carbocycles. The first-order valence-corrected chi connectivity index (χ1v) is 10.2. The molecule has 0 aliphatic rings. The first kappa shape index (κ1) is 24.4. The number of aliphatic hydroxyl groups excluding tert-OH is 3. The van der Waals surface area contributed by atoms with E-state index in [-0.39, 0.29) is 31.2 Å². The second-order valence-corrected chi connectivity index (χ2v) is 7.21. The Morgan fingerprint density at radius 1 is 0.840 bits per heavy atom. The number of rotatable bonds is 18. The minimum Gasteiger partial charge on any atom is -0.465 e. The molecule has 0 aromatic carbocycles. The van der Waals surface area contributed by atoms with Crippen molar-refractivity contribution in [2.24, 2.45) is 5.92 Å². The zero-order valence-electron chi connectivity index (χ0n) is 16.1. The summed E-state index contributed by atoms with van der Waals surface area (Å²) in [5.41, 5.74) is 0. The molecule has 0 rings (SSSR count). The smallest absolute Gasteiger partial charge is 0.305 e. The number of unbranched alkanes of at least 4 members (excludes halogenated alkanes) is 8. The van der Waals surface area contributed by atoms with Crippen molar-refractivity contribution >= 4 is 5.97 Å². The first-order valence-electron chi connectivity index (χ1n) is 10.2. The van der Waals surface area contributed by atoms with E-state index in [2.05, 4.69) is 0 Å². The van der Waals surface area contributed by atoms with E-state index in [0.29, 0.717) is 13.0 Å². The van der Waals surface area contributed by atoms with Crippen LogP contribution < -0.4 is 0 Å². The largest absolute Gasteiger partial charge is 0.465 e. The van der Waals surface area contributed by atoms with Crippen molar-refractivity contribution in [2.45, 2.75) is 96.5 Å². The first-order chi connectivity index (χ1) is 12.1. The van der Waals surface area contributed by atoms with Crippen molar-refractivity contribution in [1.82, 2.24) is 0 Å². The van der Waals surface area contributed by atoms with Gasteiger partial charge in [0.25, 0.3) is 0 Å². The van der Waals surface area contributed by atoms with E-state index in [0.717, 1.165) is 77.0 Å². The molecule has 0 aliphatic heterocycles. The lowest BCUT2D eigenvalue weighted by atomic mass is 10.0. The minimum atomic E-state index is -0.176. The predicted molar refractivity (Wildman–Crippen MR) is 100 cm³/mol. The highest BCUT2D eigenvalue weighted by Crippen LogP contribution is 2.13. The topological polar surface area (TPSA) is 87.0 Å². The quantitative estimate of drug-likeness (QED) is 0.257. The minimum absolute atomic E-state index is 0.0137. The van der Waals surface area contributed by atoms with Crippen LogP contribution in [0.5, 0.6) is 0 Å². The van der Waals surface area contributed by atoms with Gasteiger partial charge in [-0.3, -0.25) is 4.79 Å². The Balaban J connectivity index is 3.28. The fraction of sp³-hybridized carbons (Fsp3) is 0.950. The maximum absolute atomic E-state index is 11.5. The van der Waals surface area contributed by atoms with Crippen LogP contribution in [0.2, 0.25) is 0 Å². The number of carbonyl (C=O) groups excluding carboxylic acids is 1. The fourth-order valence-electron chi connectivity index (χ4n) is 2.71. The standard InChI is InChI=1S/C20H40O5/c1-18(16-22)17-25-20(24)14-10-5-3-2-4-8-12-19(23)13-9-6-7-11-15-21/h18-19,21-23H,2-17H2,1H3. The van der Waals surface area contributed by atoms with Crippen molar-refractivity contribution in [3.05, 3.63) is 0 Å². The van der Waals surface area contributed by atoms with Crippen LogP contribution in [0.15, 0.2) is 0 Å². The lowest BCUT2D eigenvalue weighted by Crippen LogP contribution is -2.14. The molecule has 5 heteroatoms. The van der Waals surface area contributed by atoms with Gasteiger partial charge in [0.15, 0.2) is 0 Å². The fourth-order valence-corrected chi connectivity index (χ4v) is 2.71. The summed E-state index contributed by atoms with van der Waals surface area (Å²) in [6.07, 6.45) is 12.5. The Hall–Kier alpha value is -0.650. The summed E-state index contributed by atoms with van der Waals surface area (Å²) in [5, 5.41) is 27.5. The van der Waals surface area contributed by atoms with Crippen LogP contribution in [0.3, 0.4) is 0 Å². The third-order valence-electron chi connectivity index (χ3n) is 4.45. The van der Waals surface area contributed by atoms with Crippen LogP contribution in [-0.4, -0.2) is 47.2 Å². The molecule has 5 nitrogen and oxygen atoms in total. The number of ether oxygens (including phenoxy) is 1. The Bertz CT molecular complexity index is 296. The number of hydrogen-bond donors (Lipinski definition) is 3.